The standard InChI is InChI=1S/C22H25NO3/c24-13-11-16-5-1-3-7-20(16)23-12-14-25-17-9-10-19-18-6-2-4-8-21(18)26-22(19)15-17/h1,3,5,7,9-10,15,23-24H,2,4,6,8,11-14H2. The Kier molecular flexibility index (Phi) is 5.12. The van der Waals surface area contributed by atoms with E-state index in [1.807, 2.05) is 36.4 Å². The van der Waals surface area contributed by atoms with E-state index in [4.69, 9.17) is 14.3 Å². The van der Waals surface area contributed by atoms with Crippen molar-refractivity contribution in [2.24, 2.45) is 0 Å². The number of nitrogens with one attached hydrogen (secondary N) is 1. The van der Waals surface area contributed by atoms with Crippen molar-refractivity contribution in [3.05, 3.63) is 59.4 Å². The average molecular weight is 351 g/mol. The molecule has 0 radical (unpaired) electrons. The van der Waals surface area contributed by atoms with Crippen molar-refractivity contribution in [1.82, 2.24) is 0 Å². The minimum Gasteiger partial charge on any atom is -0.492 e. The molecule has 2 aromatic carbocycles. The van der Waals surface area contributed by atoms with Crippen molar-refractivity contribution in [1.29, 1.82) is 0 Å². The van der Waals surface area contributed by atoms with Gasteiger partial charge >= 0.3 is 0 Å². The predicted octanol–water partition coefficient (Wildman–Crippen LogP) is 4.34. The molecule has 4 rings (SSSR count). The summed E-state index contributed by atoms with van der Waals surface area (Å²) < 4.78 is 11.9. The molecule has 3 aromatic rings. The van der Waals surface area contributed by atoms with Crippen molar-refractivity contribution in [2.75, 3.05) is 25.1 Å². The molecule has 0 atom stereocenters. The van der Waals surface area contributed by atoms with Crippen LogP contribution in [-0.4, -0.2) is 24.9 Å². The topological polar surface area (TPSA) is 54.6 Å². The number of fused-ring (bicyclic) bond motifs is 3. The highest BCUT2D eigenvalue weighted by molar-refractivity contribution is 5.83. The Hall–Kier alpha value is -2.46. The summed E-state index contributed by atoms with van der Waals surface area (Å²) in [7, 11) is 0. The van der Waals surface area contributed by atoms with E-state index < -0.39 is 0 Å². The lowest BCUT2D eigenvalue weighted by Crippen LogP contribution is -2.12. The minimum atomic E-state index is 0.155. The SMILES string of the molecule is OCCc1ccccc1NCCOc1ccc2c3c(oc2c1)CCCC3. The van der Waals surface area contributed by atoms with Gasteiger partial charge in [0, 0.05) is 42.3 Å². The maximum atomic E-state index is 9.15. The van der Waals surface area contributed by atoms with E-state index >= 15 is 0 Å². The highest BCUT2D eigenvalue weighted by Crippen LogP contribution is 2.33. The first-order valence-corrected chi connectivity index (χ1v) is 9.45. The Morgan fingerprint density at radius 1 is 1.08 bits per heavy atom. The predicted molar refractivity (Wildman–Crippen MR) is 104 cm³/mol. The van der Waals surface area contributed by atoms with Gasteiger partial charge in [0.2, 0.25) is 0 Å². The van der Waals surface area contributed by atoms with Gasteiger partial charge in [-0.1, -0.05) is 18.2 Å². The van der Waals surface area contributed by atoms with Crippen LogP contribution in [0.5, 0.6) is 5.75 Å². The third-order valence-corrected chi connectivity index (χ3v) is 5.01. The Labute approximate surface area is 153 Å². The fraction of sp³-hybridized carbons (Fsp3) is 0.364. The quantitative estimate of drug-likeness (QED) is 0.622. The number of aryl methyl sites for hydroxylation is 2. The van der Waals surface area contributed by atoms with Gasteiger partial charge in [-0.3, -0.25) is 0 Å². The van der Waals surface area contributed by atoms with Gasteiger partial charge in [-0.15, -0.1) is 0 Å². The first kappa shape index (κ1) is 17.0. The van der Waals surface area contributed by atoms with Crippen LogP contribution < -0.4 is 10.1 Å². The molecule has 0 saturated heterocycles. The van der Waals surface area contributed by atoms with Crippen LogP contribution >= 0.6 is 0 Å². The van der Waals surface area contributed by atoms with Gasteiger partial charge in [-0.2, -0.15) is 0 Å². The van der Waals surface area contributed by atoms with Crippen LogP contribution in [0, 0.1) is 0 Å². The van der Waals surface area contributed by atoms with Crippen molar-refractivity contribution in [3.63, 3.8) is 0 Å². The van der Waals surface area contributed by atoms with Crippen LogP contribution in [0.4, 0.5) is 5.69 Å². The minimum absolute atomic E-state index is 0.155. The van der Waals surface area contributed by atoms with Gasteiger partial charge in [0.25, 0.3) is 0 Å². The summed E-state index contributed by atoms with van der Waals surface area (Å²) in [6.07, 6.45) is 5.31. The normalized spacial score (nSPS) is 13.6. The summed E-state index contributed by atoms with van der Waals surface area (Å²) in [6.45, 7) is 1.43. The molecule has 26 heavy (non-hydrogen) atoms. The molecular formula is C22H25NO3. The molecule has 0 spiro atoms. The van der Waals surface area contributed by atoms with Crippen LogP contribution in [0.25, 0.3) is 11.0 Å². The second-order valence-electron chi connectivity index (χ2n) is 6.77. The highest BCUT2D eigenvalue weighted by atomic mass is 16.5. The zero-order valence-corrected chi connectivity index (χ0v) is 15.0. The molecule has 4 nitrogen and oxygen atoms in total. The summed E-state index contributed by atoms with van der Waals surface area (Å²) in [5, 5.41) is 13.8. The lowest BCUT2D eigenvalue weighted by molar-refractivity contribution is 0.299. The van der Waals surface area contributed by atoms with E-state index in [0.717, 1.165) is 41.2 Å². The number of hydrogen-bond donors (Lipinski definition) is 2. The highest BCUT2D eigenvalue weighted by Gasteiger charge is 2.17. The first-order chi connectivity index (χ1) is 12.8. The number of para-hydroxylation sites is 1. The monoisotopic (exact) mass is 351 g/mol. The third kappa shape index (κ3) is 3.56. The molecule has 1 heterocycles. The van der Waals surface area contributed by atoms with Gasteiger partial charge < -0.3 is 19.6 Å². The smallest absolute Gasteiger partial charge is 0.138 e. The number of benzene rings is 2. The van der Waals surface area contributed by atoms with E-state index in [1.54, 1.807) is 0 Å². The largest absolute Gasteiger partial charge is 0.492 e. The molecule has 0 fully saturated rings. The molecule has 0 saturated carbocycles. The van der Waals surface area contributed by atoms with Crippen LogP contribution in [-0.2, 0) is 19.3 Å². The molecule has 2 N–H and O–H groups in total. The Balaban J connectivity index is 1.36. The second-order valence-corrected chi connectivity index (χ2v) is 6.77. The summed E-state index contributed by atoms with van der Waals surface area (Å²) >= 11 is 0. The zero-order valence-electron chi connectivity index (χ0n) is 15.0. The van der Waals surface area contributed by atoms with E-state index in [0.29, 0.717) is 19.6 Å². The molecule has 1 aliphatic rings. The van der Waals surface area contributed by atoms with E-state index in [9.17, 15) is 0 Å². The molecule has 1 aliphatic carbocycles. The number of hydrogen-bond acceptors (Lipinski definition) is 4. The second kappa shape index (κ2) is 7.83. The van der Waals surface area contributed by atoms with Gasteiger partial charge in [0.05, 0.1) is 0 Å². The molecule has 4 heteroatoms. The van der Waals surface area contributed by atoms with Crippen LogP contribution in [0.15, 0.2) is 46.9 Å². The Morgan fingerprint density at radius 2 is 1.96 bits per heavy atom. The summed E-state index contributed by atoms with van der Waals surface area (Å²) in [6, 6.07) is 14.2. The number of furan rings is 1. The van der Waals surface area contributed by atoms with E-state index in [1.165, 1.54) is 23.8 Å². The van der Waals surface area contributed by atoms with Crippen LogP contribution in [0.2, 0.25) is 0 Å². The summed E-state index contributed by atoms with van der Waals surface area (Å²) in [5.74, 6) is 2.00. The first-order valence-electron chi connectivity index (χ1n) is 9.45. The maximum absolute atomic E-state index is 9.15. The number of anilines is 1. The third-order valence-electron chi connectivity index (χ3n) is 5.01. The maximum Gasteiger partial charge on any atom is 0.138 e. The number of rotatable bonds is 7. The fourth-order valence-electron chi connectivity index (χ4n) is 3.72. The van der Waals surface area contributed by atoms with Gasteiger partial charge in [0.15, 0.2) is 0 Å². The van der Waals surface area contributed by atoms with Crippen molar-refractivity contribution >= 4 is 16.7 Å². The van der Waals surface area contributed by atoms with Gasteiger partial charge in [-0.05, 0) is 49.4 Å². The van der Waals surface area contributed by atoms with Gasteiger partial charge in [0.1, 0.15) is 23.7 Å². The summed E-state index contributed by atoms with van der Waals surface area (Å²) in [4.78, 5) is 0. The van der Waals surface area contributed by atoms with Crippen molar-refractivity contribution in [2.45, 2.75) is 32.1 Å². The lowest BCUT2D eigenvalue weighted by Gasteiger charge is -2.12. The fourth-order valence-corrected chi connectivity index (χ4v) is 3.72. The number of aliphatic hydroxyl groups excluding tert-OH is 1. The van der Waals surface area contributed by atoms with Crippen molar-refractivity contribution in [3.8, 4) is 5.75 Å². The molecular weight excluding hydrogens is 326 g/mol. The lowest BCUT2D eigenvalue weighted by atomic mass is 9.96. The van der Waals surface area contributed by atoms with E-state index in [2.05, 4.69) is 11.4 Å². The van der Waals surface area contributed by atoms with Crippen LogP contribution in [0.1, 0.15) is 29.7 Å². The molecule has 0 amide bonds. The van der Waals surface area contributed by atoms with E-state index in [-0.39, 0.29) is 6.61 Å². The summed E-state index contributed by atoms with van der Waals surface area (Å²) in [5.41, 5.74) is 4.51. The van der Waals surface area contributed by atoms with Gasteiger partial charge in [-0.25, -0.2) is 0 Å². The number of aliphatic hydroxyl groups is 1. The Bertz CT molecular complexity index is 884. The zero-order chi connectivity index (χ0) is 17.8. The average Bonchev–Trinajstić information content (AvgIpc) is 3.04. The molecule has 0 unspecified atom stereocenters. The molecule has 0 aliphatic heterocycles. The van der Waals surface area contributed by atoms with Crippen LogP contribution in [0.3, 0.4) is 0 Å². The van der Waals surface area contributed by atoms with Crippen molar-refractivity contribution < 1.29 is 14.3 Å². The molecule has 0 bridgehead atoms. The molecule has 1 aromatic heterocycles. The molecule has 136 valence electrons. The number of ether oxygens (including phenoxy) is 1. The Morgan fingerprint density at radius 3 is 2.88 bits per heavy atom.